The zero-order valence-electron chi connectivity index (χ0n) is 18.3. The zero-order chi connectivity index (χ0) is 21.8. The third-order valence-corrected chi connectivity index (χ3v) is 5.88. The molecule has 2 aromatic carbocycles. The van der Waals surface area contributed by atoms with Gasteiger partial charge in [0, 0.05) is 56.4 Å². The second-order valence-electron chi connectivity index (χ2n) is 7.69. The lowest BCUT2D eigenvalue weighted by atomic mass is 10.1. The number of fused-ring (bicyclic) bond motifs is 1. The monoisotopic (exact) mass is 423 g/mol. The number of piperazine rings is 1. The number of aromatic nitrogens is 1. The van der Waals surface area contributed by atoms with E-state index >= 15 is 0 Å². The maximum Gasteiger partial charge on any atom is 0.203 e. The minimum absolute atomic E-state index is 0.230. The number of benzene rings is 2. The molecule has 0 bridgehead atoms. The van der Waals surface area contributed by atoms with Crippen LogP contribution in [0.5, 0.6) is 23.0 Å². The first-order valence-corrected chi connectivity index (χ1v) is 10.4. The van der Waals surface area contributed by atoms with Crippen LogP contribution in [0.1, 0.15) is 11.1 Å². The van der Waals surface area contributed by atoms with E-state index in [0.717, 1.165) is 56.0 Å². The fraction of sp³-hybridized carbons (Fsp3) is 0.375. The maximum absolute atomic E-state index is 10.1. The Labute approximate surface area is 182 Å². The van der Waals surface area contributed by atoms with Crippen molar-refractivity contribution in [3.63, 3.8) is 0 Å². The van der Waals surface area contributed by atoms with Crippen LogP contribution in [0.2, 0.25) is 0 Å². The Balaban J connectivity index is 1.42. The van der Waals surface area contributed by atoms with Crippen molar-refractivity contribution in [3.05, 3.63) is 53.7 Å². The number of rotatable bonds is 7. The van der Waals surface area contributed by atoms with Crippen LogP contribution in [0.3, 0.4) is 0 Å². The molecule has 0 unspecified atom stereocenters. The number of ether oxygens (including phenoxy) is 3. The van der Waals surface area contributed by atoms with Gasteiger partial charge in [0.2, 0.25) is 5.75 Å². The fourth-order valence-electron chi connectivity index (χ4n) is 4.23. The number of hydrogen-bond acceptors (Lipinski definition) is 7. The number of pyridine rings is 1. The quantitative estimate of drug-likeness (QED) is 0.625. The highest BCUT2D eigenvalue weighted by Gasteiger charge is 2.22. The van der Waals surface area contributed by atoms with Gasteiger partial charge in [0.1, 0.15) is 11.3 Å². The molecule has 1 N–H and O–H groups in total. The number of hydrogen-bond donors (Lipinski definition) is 1. The van der Waals surface area contributed by atoms with E-state index in [1.165, 1.54) is 5.56 Å². The lowest BCUT2D eigenvalue weighted by molar-refractivity contribution is 0.121. The lowest BCUT2D eigenvalue weighted by Gasteiger charge is -2.35. The molecular formula is C24H29N3O4. The molecule has 164 valence electrons. The first kappa shape index (κ1) is 21.2. The van der Waals surface area contributed by atoms with Crippen molar-refractivity contribution in [2.75, 3.05) is 47.5 Å². The summed E-state index contributed by atoms with van der Waals surface area (Å²) in [6.45, 7) is 5.51. The summed E-state index contributed by atoms with van der Waals surface area (Å²) in [5, 5.41) is 11.1. The summed E-state index contributed by atoms with van der Waals surface area (Å²) in [7, 11) is 4.92. The fourth-order valence-corrected chi connectivity index (χ4v) is 4.23. The molecule has 0 amide bonds. The highest BCUT2D eigenvalue weighted by atomic mass is 16.5. The van der Waals surface area contributed by atoms with E-state index in [1.807, 2.05) is 30.3 Å². The van der Waals surface area contributed by atoms with Crippen molar-refractivity contribution < 1.29 is 19.3 Å². The summed E-state index contributed by atoms with van der Waals surface area (Å²) >= 11 is 0. The van der Waals surface area contributed by atoms with Crippen molar-refractivity contribution in [2.24, 2.45) is 0 Å². The van der Waals surface area contributed by atoms with Crippen molar-refractivity contribution in [1.29, 1.82) is 0 Å². The Morgan fingerprint density at radius 3 is 2.10 bits per heavy atom. The molecule has 1 aromatic heterocycles. The summed E-state index contributed by atoms with van der Waals surface area (Å²) < 4.78 is 16.5. The Kier molecular flexibility index (Phi) is 6.44. The molecule has 0 spiro atoms. The Morgan fingerprint density at radius 2 is 1.45 bits per heavy atom. The summed E-state index contributed by atoms with van der Waals surface area (Å²) in [5.41, 5.74) is 2.94. The number of methoxy groups -OCH3 is 3. The summed E-state index contributed by atoms with van der Waals surface area (Å²) in [4.78, 5) is 9.20. The Bertz CT molecular complexity index is 1050. The van der Waals surface area contributed by atoms with Gasteiger partial charge in [-0.3, -0.25) is 14.8 Å². The van der Waals surface area contributed by atoms with Crippen LogP contribution in [0.25, 0.3) is 10.9 Å². The van der Waals surface area contributed by atoms with Gasteiger partial charge in [0.05, 0.1) is 21.3 Å². The minimum Gasteiger partial charge on any atom is -0.506 e. The number of phenolic OH excluding ortho intramolecular Hbond substituents is 1. The van der Waals surface area contributed by atoms with Crippen LogP contribution < -0.4 is 14.2 Å². The SMILES string of the molecule is COc1ccc(CN2CCN(Cc3ccc(O)c4ncccc34)CC2)c(OC)c1OC. The smallest absolute Gasteiger partial charge is 0.203 e. The molecule has 0 radical (unpaired) electrons. The van der Waals surface area contributed by atoms with Gasteiger partial charge in [-0.25, -0.2) is 0 Å². The number of aromatic hydroxyl groups is 1. The van der Waals surface area contributed by atoms with Gasteiger partial charge < -0.3 is 19.3 Å². The molecule has 1 saturated heterocycles. The van der Waals surface area contributed by atoms with Crippen LogP contribution in [0.4, 0.5) is 0 Å². The summed E-state index contributed by atoms with van der Waals surface area (Å²) in [6, 6.07) is 11.7. The van der Waals surface area contributed by atoms with Crippen molar-refractivity contribution in [2.45, 2.75) is 13.1 Å². The molecule has 4 rings (SSSR count). The van der Waals surface area contributed by atoms with Gasteiger partial charge in [0.15, 0.2) is 11.5 Å². The average Bonchev–Trinajstić information content (AvgIpc) is 2.81. The minimum atomic E-state index is 0.230. The maximum atomic E-state index is 10.1. The van der Waals surface area contributed by atoms with Crippen LogP contribution in [-0.2, 0) is 13.1 Å². The molecule has 7 nitrogen and oxygen atoms in total. The van der Waals surface area contributed by atoms with Gasteiger partial charge in [-0.1, -0.05) is 18.2 Å². The standard InChI is InChI=1S/C24H29N3O4/c1-29-21-9-7-18(23(30-2)24(21)31-3)16-27-13-11-26(12-14-27)15-17-6-8-20(28)22-19(17)5-4-10-25-22/h4-10,28H,11-16H2,1-3H3. The van der Waals surface area contributed by atoms with Crippen LogP contribution in [-0.4, -0.2) is 67.4 Å². The predicted molar refractivity (Wildman–Crippen MR) is 120 cm³/mol. The normalized spacial score (nSPS) is 15.2. The topological polar surface area (TPSA) is 67.3 Å². The van der Waals surface area contributed by atoms with Gasteiger partial charge in [-0.05, 0) is 23.8 Å². The third-order valence-electron chi connectivity index (χ3n) is 5.88. The van der Waals surface area contributed by atoms with Crippen LogP contribution >= 0.6 is 0 Å². The summed E-state index contributed by atoms with van der Waals surface area (Å²) in [5.74, 6) is 2.26. The largest absolute Gasteiger partial charge is 0.506 e. The summed E-state index contributed by atoms with van der Waals surface area (Å²) in [6.07, 6.45) is 1.72. The molecule has 31 heavy (non-hydrogen) atoms. The average molecular weight is 424 g/mol. The molecule has 1 aliphatic heterocycles. The second kappa shape index (κ2) is 9.41. The predicted octanol–water partition coefficient (Wildman–Crippen LogP) is 3.28. The van der Waals surface area contributed by atoms with E-state index in [1.54, 1.807) is 33.6 Å². The Hall–Kier alpha value is -3.03. The van der Waals surface area contributed by atoms with Crippen molar-refractivity contribution in [3.8, 4) is 23.0 Å². The van der Waals surface area contributed by atoms with Crippen LogP contribution in [0, 0.1) is 0 Å². The lowest BCUT2D eigenvalue weighted by Crippen LogP contribution is -2.45. The van der Waals surface area contributed by atoms with Gasteiger partial charge in [-0.2, -0.15) is 0 Å². The first-order valence-electron chi connectivity index (χ1n) is 10.4. The van der Waals surface area contributed by atoms with Gasteiger partial charge in [-0.15, -0.1) is 0 Å². The first-order chi connectivity index (χ1) is 15.1. The van der Waals surface area contributed by atoms with E-state index in [4.69, 9.17) is 14.2 Å². The molecule has 0 saturated carbocycles. The number of nitrogens with zero attached hydrogens (tertiary/aromatic N) is 3. The molecule has 0 aliphatic carbocycles. The highest BCUT2D eigenvalue weighted by molar-refractivity contribution is 5.87. The van der Waals surface area contributed by atoms with Crippen molar-refractivity contribution >= 4 is 10.9 Å². The van der Waals surface area contributed by atoms with E-state index < -0.39 is 0 Å². The van der Waals surface area contributed by atoms with Gasteiger partial charge in [0.25, 0.3) is 0 Å². The molecule has 7 heteroatoms. The molecule has 2 heterocycles. The van der Waals surface area contributed by atoms with E-state index in [0.29, 0.717) is 17.0 Å². The highest BCUT2D eigenvalue weighted by Crippen LogP contribution is 2.40. The van der Waals surface area contributed by atoms with Crippen LogP contribution in [0.15, 0.2) is 42.6 Å². The molecule has 1 aliphatic rings. The molecule has 3 aromatic rings. The molecular weight excluding hydrogens is 394 g/mol. The zero-order valence-corrected chi connectivity index (χ0v) is 18.3. The third kappa shape index (κ3) is 4.38. The van der Waals surface area contributed by atoms with E-state index in [-0.39, 0.29) is 5.75 Å². The van der Waals surface area contributed by atoms with Gasteiger partial charge >= 0.3 is 0 Å². The Morgan fingerprint density at radius 1 is 0.806 bits per heavy atom. The van der Waals surface area contributed by atoms with E-state index in [9.17, 15) is 5.11 Å². The second-order valence-corrected chi connectivity index (χ2v) is 7.69. The number of phenols is 1. The molecule has 0 atom stereocenters. The van der Waals surface area contributed by atoms with E-state index in [2.05, 4.69) is 14.8 Å². The molecule has 1 fully saturated rings. The van der Waals surface area contributed by atoms with Crippen molar-refractivity contribution in [1.82, 2.24) is 14.8 Å².